The number of pyridine rings is 2. The Kier molecular flexibility index (Phi) is 4.36. The minimum Gasteiger partial charge on any atom is -0.450 e. The van der Waals surface area contributed by atoms with E-state index in [1.54, 1.807) is 44.1 Å². The van der Waals surface area contributed by atoms with E-state index in [-0.39, 0.29) is 28.7 Å². The van der Waals surface area contributed by atoms with Crippen LogP contribution in [0.25, 0.3) is 22.0 Å². The largest absolute Gasteiger partial charge is 0.450 e. The maximum atomic E-state index is 13.8. The first-order valence-electron chi connectivity index (χ1n) is 10.2. The molecule has 1 aliphatic carbocycles. The van der Waals surface area contributed by atoms with Crippen molar-refractivity contribution in [2.75, 3.05) is 0 Å². The number of rotatable bonds is 4. The summed E-state index contributed by atoms with van der Waals surface area (Å²) in [6.45, 7) is 3.51. The molecule has 1 aliphatic rings. The Balaban J connectivity index is 1.78. The summed E-state index contributed by atoms with van der Waals surface area (Å²) in [5.41, 5.74) is 2.60. The fraction of sp³-hybridized carbons (Fsp3) is 0.250. The molecule has 5 rings (SSSR count). The van der Waals surface area contributed by atoms with Crippen molar-refractivity contribution < 1.29 is 9.13 Å². The lowest BCUT2D eigenvalue weighted by molar-refractivity contribution is 0.459. The van der Waals surface area contributed by atoms with Gasteiger partial charge in [-0.2, -0.15) is 0 Å². The third-order valence-corrected chi connectivity index (χ3v) is 5.83. The van der Waals surface area contributed by atoms with Gasteiger partial charge in [-0.1, -0.05) is 0 Å². The van der Waals surface area contributed by atoms with Gasteiger partial charge in [0, 0.05) is 48.2 Å². The molecule has 0 spiro atoms. The Morgan fingerprint density at radius 3 is 2.42 bits per heavy atom. The van der Waals surface area contributed by atoms with Gasteiger partial charge in [-0.05, 0) is 62.1 Å². The van der Waals surface area contributed by atoms with Gasteiger partial charge < -0.3 is 18.9 Å². The molecular formula is C24H22FN3O3. The minimum absolute atomic E-state index is 0.150. The first-order valence-corrected chi connectivity index (χ1v) is 10.2. The Morgan fingerprint density at radius 1 is 1.03 bits per heavy atom. The first-order chi connectivity index (χ1) is 14.8. The van der Waals surface area contributed by atoms with E-state index in [1.807, 2.05) is 12.1 Å². The van der Waals surface area contributed by atoms with Gasteiger partial charge in [0.1, 0.15) is 17.1 Å². The van der Waals surface area contributed by atoms with Gasteiger partial charge in [0.2, 0.25) is 5.75 Å². The number of aryl methyl sites for hydroxylation is 3. The normalized spacial score (nSPS) is 13.7. The molecule has 0 unspecified atom stereocenters. The molecular weight excluding hydrogens is 397 g/mol. The van der Waals surface area contributed by atoms with Crippen molar-refractivity contribution in [2.45, 2.75) is 32.7 Å². The highest BCUT2D eigenvalue weighted by atomic mass is 19.1. The summed E-state index contributed by atoms with van der Waals surface area (Å²) in [6, 6.07) is 6.63. The quantitative estimate of drug-likeness (QED) is 0.527. The van der Waals surface area contributed by atoms with Gasteiger partial charge >= 0.3 is 0 Å². The minimum atomic E-state index is -0.349. The van der Waals surface area contributed by atoms with E-state index in [9.17, 15) is 14.0 Å². The van der Waals surface area contributed by atoms with Crippen LogP contribution in [0.4, 0.5) is 4.39 Å². The molecule has 0 radical (unpaired) electrons. The molecule has 0 atom stereocenters. The van der Waals surface area contributed by atoms with Crippen LogP contribution >= 0.6 is 0 Å². The van der Waals surface area contributed by atoms with Crippen molar-refractivity contribution >= 4 is 10.9 Å². The summed E-state index contributed by atoms with van der Waals surface area (Å²) < 4.78 is 23.2. The van der Waals surface area contributed by atoms with E-state index >= 15 is 0 Å². The Labute approximate surface area is 177 Å². The number of aromatic amines is 1. The number of H-pyrrole nitrogens is 1. The van der Waals surface area contributed by atoms with Crippen LogP contribution in [0.2, 0.25) is 0 Å². The van der Waals surface area contributed by atoms with Crippen LogP contribution in [-0.4, -0.2) is 14.1 Å². The fourth-order valence-electron chi connectivity index (χ4n) is 4.13. The number of fused-ring (bicyclic) bond motifs is 1. The van der Waals surface area contributed by atoms with E-state index in [4.69, 9.17) is 4.74 Å². The van der Waals surface area contributed by atoms with Crippen molar-refractivity contribution in [3.63, 3.8) is 0 Å². The van der Waals surface area contributed by atoms with Gasteiger partial charge in [-0.15, -0.1) is 0 Å². The van der Waals surface area contributed by atoms with Crippen LogP contribution in [0.15, 0.2) is 52.4 Å². The molecule has 1 saturated carbocycles. The zero-order valence-electron chi connectivity index (χ0n) is 17.5. The van der Waals surface area contributed by atoms with Crippen molar-refractivity contribution in [3.8, 4) is 22.6 Å². The second kappa shape index (κ2) is 6.97. The van der Waals surface area contributed by atoms with Gasteiger partial charge in [-0.3, -0.25) is 9.59 Å². The maximum Gasteiger partial charge on any atom is 0.294 e. The Morgan fingerprint density at radius 2 is 1.74 bits per heavy atom. The molecule has 7 heteroatoms. The molecule has 1 N–H and O–H groups in total. The number of ether oxygens (including phenoxy) is 1. The number of benzene rings is 1. The third kappa shape index (κ3) is 3.17. The van der Waals surface area contributed by atoms with E-state index in [2.05, 4.69) is 4.98 Å². The number of halogens is 1. The van der Waals surface area contributed by atoms with E-state index in [0.717, 1.165) is 12.8 Å². The van der Waals surface area contributed by atoms with Crippen LogP contribution < -0.4 is 15.9 Å². The molecule has 0 saturated heterocycles. The van der Waals surface area contributed by atoms with E-state index in [0.29, 0.717) is 38.9 Å². The number of nitrogens with one attached hydrogen (secondary N) is 1. The summed E-state index contributed by atoms with van der Waals surface area (Å²) in [5, 5.41) is 0.712. The number of aromatic nitrogens is 3. The molecule has 0 bridgehead atoms. The predicted octanol–water partition coefficient (Wildman–Crippen LogP) is 4.58. The zero-order valence-corrected chi connectivity index (χ0v) is 17.5. The number of hydrogen-bond acceptors (Lipinski definition) is 3. The second-order valence-electron chi connectivity index (χ2n) is 8.20. The highest BCUT2D eigenvalue weighted by Gasteiger charge is 2.28. The van der Waals surface area contributed by atoms with Crippen LogP contribution in [-0.2, 0) is 7.05 Å². The van der Waals surface area contributed by atoms with Crippen LogP contribution in [0.1, 0.15) is 30.0 Å². The van der Waals surface area contributed by atoms with Gasteiger partial charge in [-0.25, -0.2) is 4.39 Å². The standard InChI is InChI=1S/C24H22FN3O3/c1-13-10-15(25)11-14(2)21(13)31-22-18(7-9-28(24(22)30)16-4-5-16)19-12-27(3)23(29)20-17(19)6-8-26-20/h6-12,16,26H,4-5H2,1-3H3. The third-order valence-electron chi connectivity index (χ3n) is 5.83. The van der Waals surface area contributed by atoms with Crippen molar-refractivity contribution in [1.82, 2.24) is 14.1 Å². The van der Waals surface area contributed by atoms with Crippen molar-refractivity contribution in [2.24, 2.45) is 7.05 Å². The Bertz CT molecular complexity index is 1430. The highest BCUT2D eigenvalue weighted by molar-refractivity contribution is 5.95. The summed E-state index contributed by atoms with van der Waals surface area (Å²) in [5.74, 6) is 0.287. The summed E-state index contributed by atoms with van der Waals surface area (Å²) in [7, 11) is 1.67. The van der Waals surface area contributed by atoms with E-state index in [1.165, 1.54) is 16.7 Å². The van der Waals surface area contributed by atoms with Crippen LogP contribution in [0.3, 0.4) is 0 Å². The molecule has 158 valence electrons. The van der Waals surface area contributed by atoms with Gasteiger partial charge in [0.25, 0.3) is 11.1 Å². The summed E-state index contributed by atoms with van der Waals surface area (Å²) >= 11 is 0. The molecule has 31 heavy (non-hydrogen) atoms. The lowest BCUT2D eigenvalue weighted by atomic mass is 10.0. The smallest absolute Gasteiger partial charge is 0.294 e. The number of nitrogens with zero attached hydrogens (tertiary/aromatic N) is 2. The molecule has 0 aliphatic heterocycles. The predicted molar refractivity (Wildman–Crippen MR) is 117 cm³/mol. The van der Waals surface area contributed by atoms with Crippen molar-refractivity contribution in [3.05, 3.63) is 80.5 Å². The summed E-state index contributed by atoms with van der Waals surface area (Å²) in [4.78, 5) is 28.9. The second-order valence-corrected chi connectivity index (χ2v) is 8.20. The summed E-state index contributed by atoms with van der Waals surface area (Å²) in [6.07, 6.45) is 7.11. The Hall–Kier alpha value is -3.61. The highest BCUT2D eigenvalue weighted by Crippen LogP contribution is 2.39. The average Bonchev–Trinajstić information content (AvgIpc) is 3.43. The van der Waals surface area contributed by atoms with Crippen molar-refractivity contribution in [1.29, 1.82) is 0 Å². The molecule has 6 nitrogen and oxygen atoms in total. The lowest BCUT2D eigenvalue weighted by Gasteiger charge is -2.17. The van der Waals surface area contributed by atoms with Crippen LogP contribution in [0, 0.1) is 19.7 Å². The molecule has 1 fully saturated rings. The van der Waals surface area contributed by atoms with E-state index < -0.39 is 0 Å². The van der Waals surface area contributed by atoms with Crippen LogP contribution in [0.5, 0.6) is 11.5 Å². The SMILES string of the molecule is Cc1cc(F)cc(C)c1Oc1c(-c2cn(C)c(=O)c3[nH]ccc23)ccn(C2CC2)c1=O. The monoisotopic (exact) mass is 419 g/mol. The molecule has 1 aromatic carbocycles. The van der Waals surface area contributed by atoms with Gasteiger partial charge in [0.05, 0.1) is 0 Å². The lowest BCUT2D eigenvalue weighted by Crippen LogP contribution is -2.21. The molecule has 3 aromatic heterocycles. The zero-order chi connectivity index (χ0) is 21.9. The maximum absolute atomic E-state index is 13.8. The average molecular weight is 419 g/mol. The fourth-order valence-corrected chi connectivity index (χ4v) is 4.13. The number of hydrogen-bond donors (Lipinski definition) is 1. The molecule has 4 aromatic rings. The first kappa shape index (κ1) is 19.4. The molecule has 3 heterocycles. The molecule has 0 amide bonds. The topological polar surface area (TPSA) is 69.0 Å². The van der Waals surface area contributed by atoms with Gasteiger partial charge in [0.15, 0.2) is 0 Å².